The molecular formula is C20H16ClNOS. The Balaban J connectivity index is 1.66. The summed E-state index contributed by atoms with van der Waals surface area (Å²) in [5, 5.41) is 2.98. The molecule has 1 amide bonds. The summed E-state index contributed by atoms with van der Waals surface area (Å²) in [6, 6.07) is 21.8. The predicted octanol–water partition coefficient (Wildman–Crippen LogP) is 5.38. The Hall–Kier alpha value is -1.97. The van der Waals surface area contributed by atoms with Gasteiger partial charge in [0.25, 0.3) is 5.91 Å². The molecule has 4 heteroatoms. The van der Waals surface area contributed by atoms with Gasteiger partial charge in [0.15, 0.2) is 0 Å². The van der Waals surface area contributed by atoms with Crippen LogP contribution in [0.2, 0.25) is 5.02 Å². The van der Waals surface area contributed by atoms with Gasteiger partial charge in [0, 0.05) is 22.9 Å². The molecular weight excluding hydrogens is 338 g/mol. The first-order chi connectivity index (χ1) is 11.7. The first-order valence-electron chi connectivity index (χ1n) is 7.89. The van der Waals surface area contributed by atoms with E-state index in [4.69, 9.17) is 11.6 Å². The van der Waals surface area contributed by atoms with Crippen molar-refractivity contribution >= 4 is 40.0 Å². The van der Waals surface area contributed by atoms with Crippen LogP contribution < -0.4 is 0 Å². The van der Waals surface area contributed by atoms with Crippen LogP contribution in [0.15, 0.2) is 66.7 Å². The predicted molar refractivity (Wildman–Crippen MR) is 102 cm³/mol. The van der Waals surface area contributed by atoms with Crippen molar-refractivity contribution < 1.29 is 4.79 Å². The van der Waals surface area contributed by atoms with Crippen LogP contribution in [-0.4, -0.2) is 23.1 Å². The molecule has 2 nitrogen and oxygen atoms in total. The molecule has 24 heavy (non-hydrogen) atoms. The van der Waals surface area contributed by atoms with Crippen molar-refractivity contribution in [3.05, 3.63) is 82.9 Å². The number of amides is 1. The summed E-state index contributed by atoms with van der Waals surface area (Å²) < 4.78 is 0. The molecule has 0 aromatic heterocycles. The molecule has 1 aliphatic heterocycles. The van der Waals surface area contributed by atoms with Crippen molar-refractivity contribution in [3.63, 3.8) is 0 Å². The third kappa shape index (κ3) is 2.90. The van der Waals surface area contributed by atoms with E-state index in [1.54, 1.807) is 11.8 Å². The van der Waals surface area contributed by atoms with Gasteiger partial charge in [0.2, 0.25) is 0 Å². The van der Waals surface area contributed by atoms with Gasteiger partial charge < -0.3 is 4.90 Å². The Labute approximate surface area is 150 Å². The maximum Gasteiger partial charge on any atom is 0.255 e. The maximum atomic E-state index is 13.0. The van der Waals surface area contributed by atoms with E-state index in [9.17, 15) is 4.79 Å². The molecule has 1 fully saturated rings. The monoisotopic (exact) mass is 353 g/mol. The van der Waals surface area contributed by atoms with Crippen molar-refractivity contribution in [2.75, 3.05) is 12.3 Å². The van der Waals surface area contributed by atoms with Gasteiger partial charge in [-0.25, -0.2) is 0 Å². The number of hydrogen-bond acceptors (Lipinski definition) is 2. The van der Waals surface area contributed by atoms with Crippen LogP contribution in [0.1, 0.15) is 21.3 Å². The number of carbonyl (C=O) groups is 1. The smallest absolute Gasteiger partial charge is 0.255 e. The Kier molecular flexibility index (Phi) is 4.21. The molecule has 3 aromatic carbocycles. The van der Waals surface area contributed by atoms with E-state index >= 15 is 0 Å². The standard InChI is InChI=1S/C20H16ClNOS/c21-18-7-3-6-17(13-18)20-22(10-11-24-20)19(23)16-9-8-14-4-1-2-5-15(14)12-16/h1-9,12-13,20H,10-11H2. The van der Waals surface area contributed by atoms with Crippen molar-refractivity contribution in [2.45, 2.75) is 5.37 Å². The van der Waals surface area contributed by atoms with Crippen LogP contribution >= 0.6 is 23.4 Å². The minimum atomic E-state index is 0.0303. The van der Waals surface area contributed by atoms with Crippen LogP contribution in [0.3, 0.4) is 0 Å². The lowest BCUT2D eigenvalue weighted by molar-refractivity contribution is 0.0760. The maximum absolute atomic E-state index is 13.0. The largest absolute Gasteiger partial charge is 0.322 e. The quantitative estimate of drug-likeness (QED) is 0.616. The first kappa shape index (κ1) is 15.6. The second-order valence-electron chi connectivity index (χ2n) is 5.84. The molecule has 120 valence electrons. The average Bonchev–Trinajstić information content (AvgIpc) is 3.10. The molecule has 1 aliphatic rings. The van der Waals surface area contributed by atoms with Crippen molar-refractivity contribution in [1.29, 1.82) is 0 Å². The van der Waals surface area contributed by atoms with Gasteiger partial charge >= 0.3 is 0 Å². The van der Waals surface area contributed by atoms with E-state index in [-0.39, 0.29) is 11.3 Å². The van der Waals surface area contributed by atoms with E-state index in [1.165, 1.54) is 0 Å². The minimum absolute atomic E-state index is 0.0303. The number of hydrogen-bond donors (Lipinski definition) is 0. The molecule has 1 atom stereocenters. The molecule has 0 N–H and O–H groups in total. The normalized spacial score (nSPS) is 17.4. The molecule has 4 rings (SSSR count). The topological polar surface area (TPSA) is 20.3 Å². The van der Waals surface area contributed by atoms with Gasteiger partial charge in [0.05, 0.1) is 0 Å². The van der Waals surface area contributed by atoms with Crippen LogP contribution in [0, 0.1) is 0 Å². The van der Waals surface area contributed by atoms with Crippen molar-refractivity contribution in [3.8, 4) is 0 Å². The third-order valence-corrected chi connectivity index (χ3v) is 5.78. The van der Waals surface area contributed by atoms with E-state index < -0.39 is 0 Å². The number of nitrogens with zero attached hydrogens (tertiary/aromatic N) is 1. The highest BCUT2D eigenvalue weighted by molar-refractivity contribution is 7.99. The lowest BCUT2D eigenvalue weighted by Gasteiger charge is -2.24. The molecule has 0 radical (unpaired) electrons. The molecule has 1 unspecified atom stereocenters. The highest BCUT2D eigenvalue weighted by Gasteiger charge is 2.31. The van der Waals surface area contributed by atoms with Gasteiger partial charge in [-0.15, -0.1) is 11.8 Å². The lowest BCUT2D eigenvalue weighted by Crippen LogP contribution is -2.30. The van der Waals surface area contributed by atoms with Crippen LogP contribution in [0.4, 0.5) is 0 Å². The zero-order valence-corrected chi connectivity index (χ0v) is 14.6. The molecule has 0 spiro atoms. The van der Waals surface area contributed by atoms with Gasteiger partial charge in [-0.3, -0.25) is 4.79 Å². The summed E-state index contributed by atoms with van der Waals surface area (Å²) in [6.07, 6.45) is 0. The van der Waals surface area contributed by atoms with Crippen LogP contribution in [0.5, 0.6) is 0 Å². The van der Waals surface area contributed by atoms with Crippen LogP contribution in [-0.2, 0) is 0 Å². The molecule has 1 heterocycles. The number of rotatable bonds is 2. The summed E-state index contributed by atoms with van der Waals surface area (Å²) in [7, 11) is 0. The molecule has 3 aromatic rings. The summed E-state index contributed by atoms with van der Waals surface area (Å²) in [5.41, 5.74) is 1.82. The van der Waals surface area contributed by atoms with Gasteiger partial charge in [0.1, 0.15) is 5.37 Å². The molecule has 0 saturated carbocycles. The fourth-order valence-electron chi connectivity index (χ4n) is 3.10. The Morgan fingerprint density at radius 3 is 2.67 bits per heavy atom. The molecule has 0 aliphatic carbocycles. The third-order valence-electron chi connectivity index (χ3n) is 4.28. The SMILES string of the molecule is O=C(c1ccc2ccccc2c1)N1CCSC1c1cccc(Cl)c1. The fourth-order valence-corrected chi connectivity index (χ4v) is 4.55. The average molecular weight is 354 g/mol. The lowest BCUT2D eigenvalue weighted by atomic mass is 10.1. The van der Waals surface area contributed by atoms with Gasteiger partial charge in [-0.2, -0.15) is 0 Å². The summed E-state index contributed by atoms with van der Waals surface area (Å²) >= 11 is 7.91. The Bertz CT molecular complexity index is 911. The number of carbonyl (C=O) groups excluding carboxylic acids is 1. The minimum Gasteiger partial charge on any atom is -0.322 e. The summed E-state index contributed by atoms with van der Waals surface area (Å²) in [4.78, 5) is 15.0. The van der Waals surface area contributed by atoms with E-state index in [0.717, 1.165) is 34.2 Å². The van der Waals surface area contributed by atoms with Crippen molar-refractivity contribution in [2.24, 2.45) is 0 Å². The van der Waals surface area contributed by atoms with Crippen molar-refractivity contribution in [1.82, 2.24) is 4.90 Å². The number of benzene rings is 3. The molecule has 1 saturated heterocycles. The fraction of sp³-hybridized carbons (Fsp3) is 0.150. The number of halogens is 1. The van der Waals surface area contributed by atoms with Gasteiger partial charge in [-0.05, 0) is 40.6 Å². The Morgan fingerprint density at radius 2 is 1.83 bits per heavy atom. The van der Waals surface area contributed by atoms with Gasteiger partial charge in [-0.1, -0.05) is 54.1 Å². The zero-order valence-electron chi connectivity index (χ0n) is 13.0. The number of fused-ring (bicyclic) bond motifs is 1. The Morgan fingerprint density at radius 1 is 1.00 bits per heavy atom. The molecule has 0 bridgehead atoms. The van der Waals surface area contributed by atoms with E-state index in [2.05, 4.69) is 6.07 Å². The van der Waals surface area contributed by atoms with E-state index in [0.29, 0.717) is 5.02 Å². The van der Waals surface area contributed by atoms with Crippen LogP contribution in [0.25, 0.3) is 10.8 Å². The summed E-state index contributed by atoms with van der Waals surface area (Å²) in [5.74, 6) is 1.02. The first-order valence-corrected chi connectivity index (χ1v) is 9.32. The zero-order chi connectivity index (χ0) is 16.5. The summed E-state index contributed by atoms with van der Waals surface area (Å²) in [6.45, 7) is 0.757. The van der Waals surface area contributed by atoms with E-state index in [1.807, 2.05) is 65.6 Å². The second kappa shape index (κ2) is 6.50. The highest BCUT2D eigenvalue weighted by atomic mass is 35.5. The second-order valence-corrected chi connectivity index (χ2v) is 7.46. The number of thioether (sulfide) groups is 1. The highest BCUT2D eigenvalue weighted by Crippen LogP contribution is 2.39.